The van der Waals surface area contributed by atoms with Gasteiger partial charge in [-0.05, 0) is 17.7 Å². The van der Waals surface area contributed by atoms with Gasteiger partial charge in [-0.1, -0.05) is 12.1 Å². The largest absolute Gasteiger partial charge is 0.493 e. The van der Waals surface area contributed by atoms with Crippen molar-refractivity contribution in [1.29, 1.82) is 5.26 Å². The fourth-order valence-electron chi connectivity index (χ4n) is 2.13. The summed E-state index contributed by atoms with van der Waals surface area (Å²) < 4.78 is 23.4. The van der Waals surface area contributed by atoms with E-state index < -0.39 is 16.4 Å². The maximum absolute atomic E-state index is 13.1. The Morgan fingerprint density at radius 3 is 2.32 bits per heavy atom. The van der Waals surface area contributed by atoms with E-state index in [1.807, 2.05) is 6.07 Å². The number of nitro groups is 1. The first-order valence-electron chi connectivity index (χ1n) is 6.12. The van der Waals surface area contributed by atoms with Crippen LogP contribution in [0.2, 0.25) is 0 Å². The molecule has 0 fully saturated rings. The van der Waals surface area contributed by atoms with Crippen LogP contribution in [0.3, 0.4) is 0 Å². The van der Waals surface area contributed by atoms with Crippen molar-refractivity contribution in [3.63, 3.8) is 0 Å². The number of ether oxygens (including phenoxy) is 2. The molecule has 7 heteroatoms. The third kappa shape index (κ3) is 2.54. The highest BCUT2D eigenvalue weighted by Crippen LogP contribution is 2.44. The number of hydrogen-bond acceptors (Lipinski definition) is 5. The first kappa shape index (κ1) is 15.3. The van der Waals surface area contributed by atoms with Crippen LogP contribution in [0.15, 0.2) is 30.3 Å². The van der Waals surface area contributed by atoms with E-state index in [1.165, 1.54) is 38.5 Å². The normalized spacial score (nSPS) is 9.91. The van der Waals surface area contributed by atoms with Crippen molar-refractivity contribution in [1.82, 2.24) is 0 Å². The summed E-state index contributed by atoms with van der Waals surface area (Å²) >= 11 is 0. The smallest absolute Gasteiger partial charge is 0.291 e. The van der Waals surface area contributed by atoms with Crippen LogP contribution in [-0.4, -0.2) is 19.1 Å². The Balaban J connectivity index is 2.89. The lowest BCUT2D eigenvalue weighted by atomic mass is 9.97. The van der Waals surface area contributed by atoms with Crippen molar-refractivity contribution >= 4 is 5.69 Å². The number of nitro benzene ring substituents is 1. The zero-order valence-electron chi connectivity index (χ0n) is 11.8. The van der Waals surface area contributed by atoms with Crippen LogP contribution in [0, 0.1) is 27.3 Å². The van der Waals surface area contributed by atoms with Crippen molar-refractivity contribution in [3.8, 4) is 28.7 Å². The molecule has 112 valence electrons. The zero-order valence-corrected chi connectivity index (χ0v) is 11.8. The van der Waals surface area contributed by atoms with E-state index in [0.29, 0.717) is 5.56 Å². The van der Waals surface area contributed by atoms with Crippen LogP contribution >= 0.6 is 0 Å². The third-order valence-corrected chi connectivity index (χ3v) is 3.09. The summed E-state index contributed by atoms with van der Waals surface area (Å²) in [6.45, 7) is 0. The average molecular weight is 302 g/mol. The molecule has 0 N–H and O–H groups in total. The highest BCUT2D eigenvalue weighted by atomic mass is 19.1. The summed E-state index contributed by atoms with van der Waals surface area (Å²) in [5.74, 6) is -0.164. The van der Waals surface area contributed by atoms with Gasteiger partial charge in [0.15, 0.2) is 11.5 Å². The summed E-state index contributed by atoms with van der Waals surface area (Å²) in [5, 5.41) is 20.5. The number of nitriles is 1. The predicted octanol–water partition coefficient (Wildman–Crippen LogP) is 3.29. The summed E-state index contributed by atoms with van der Waals surface area (Å²) in [7, 11) is 2.69. The number of halogens is 1. The minimum absolute atomic E-state index is 0.118. The van der Waals surface area contributed by atoms with Gasteiger partial charge in [-0.15, -0.1) is 0 Å². The van der Waals surface area contributed by atoms with Gasteiger partial charge in [0.1, 0.15) is 17.4 Å². The van der Waals surface area contributed by atoms with Crippen LogP contribution in [-0.2, 0) is 0 Å². The van der Waals surface area contributed by atoms with Gasteiger partial charge >= 0.3 is 0 Å². The molecule has 2 aromatic carbocycles. The fourth-order valence-corrected chi connectivity index (χ4v) is 2.13. The minimum atomic E-state index is -0.673. The van der Waals surface area contributed by atoms with E-state index in [1.54, 1.807) is 0 Å². The third-order valence-electron chi connectivity index (χ3n) is 3.09. The zero-order chi connectivity index (χ0) is 16.3. The minimum Gasteiger partial charge on any atom is -0.493 e. The second-order valence-electron chi connectivity index (χ2n) is 4.26. The Morgan fingerprint density at radius 2 is 1.86 bits per heavy atom. The van der Waals surface area contributed by atoms with E-state index >= 15 is 0 Å². The maximum atomic E-state index is 13.1. The predicted molar refractivity (Wildman–Crippen MR) is 76.3 cm³/mol. The van der Waals surface area contributed by atoms with Crippen LogP contribution in [0.25, 0.3) is 11.1 Å². The van der Waals surface area contributed by atoms with Crippen LogP contribution in [0.4, 0.5) is 10.1 Å². The van der Waals surface area contributed by atoms with E-state index in [2.05, 4.69) is 0 Å². The highest BCUT2D eigenvalue weighted by Gasteiger charge is 2.27. The van der Waals surface area contributed by atoms with Gasteiger partial charge in [0.05, 0.1) is 30.8 Å². The molecule has 0 aliphatic rings. The molecule has 0 bridgehead atoms. The molecule has 0 amide bonds. The Bertz CT molecular complexity index is 767. The summed E-state index contributed by atoms with van der Waals surface area (Å²) in [6, 6.07) is 8.16. The van der Waals surface area contributed by atoms with Crippen molar-refractivity contribution in [2.75, 3.05) is 14.2 Å². The van der Waals surface area contributed by atoms with Gasteiger partial charge < -0.3 is 9.47 Å². The van der Waals surface area contributed by atoms with Gasteiger partial charge in [-0.25, -0.2) is 4.39 Å². The first-order chi connectivity index (χ1) is 10.5. The lowest BCUT2D eigenvalue weighted by Crippen LogP contribution is -2.01. The first-order valence-corrected chi connectivity index (χ1v) is 6.12. The number of rotatable bonds is 4. The Hall–Kier alpha value is -3.14. The van der Waals surface area contributed by atoms with Gasteiger partial charge in [0.25, 0.3) is 5.69 Å². The monoisotopic (exact) mass is 302 g/mol. The molecule has 0 aromatic heterocycles. The van der Waals surface area contributed by atoms with E-state index in [-0.39, 0.29) is 22.6 Å². The molecule has 0 unspecified atom stereocenters. The highest BCUT2D eigenvalue weighted by molar-refractivity contribution is 5.83. The molecule has 0 saturated heterocycles. The van der Waals surface area contributed by atoms with Gasteiger partial charge in [-0.2, -0.15) is 5.26 Å². The van der Waals surface area contributed by atoms with Crippen LogP contribution < -0.4 is 9.47 Å². The van der Waals surface area contributed by atoms with Gasteiger partial charge in [0.2, 0.25) is 0 Å². The molecule has 22 heavy (non-hydrogen) atoms. The molecule has 0 aliphatic heterocycles. The molecule has 0 heterocycles. The Morgan fingerprint density at radius 1 is 1.23 bits per heavy atom. The Labute approximate surface area is 125 Å². The molecule has 0 aliphatic carbocycles. The van der Waals surface area contributed by atoms with Gasteiger partial charge in [0, 0.05) is 0 Å². The second-order valence-corrected chi connectivity index (χ2v) is 4.26. The summed E-state index contributed by atoms with van der Waals surface area (Å²) in [4.78, 5) is 10.5. The quantitative estimate of drug-likeness (QED) is 0.639. The maximum Gasteiger partial charge on any atom is 0.291 e. The van der Waals surface area contributed by atoms with Crippen molar-refractivity contribution in [2.45, 2.75) is 0 Å². The molecule has 2 rings (SSSR count). The summed E-state index contributed by atoms with van der Waals surface area (Å²) in [6.07, 6.45) is 0. The van der Waals surface area contributed by atoms with E-state index in [0.717, 1.165) is 6.07 Å². The molecule has 6 nitrogen and oxygen atoms in total. The lowest BCUT2D eigenvalue weighted by molar-refractivity contribution is -0.385. The molecule has 0 atom stereocenters. The Kier molecular flexibility index (Phi) is 4.23. The molecule has 0 radical (unpaired) electrons. The lowest BCUT2D eigenvalue weighted by Gasteiger charge is -2.14. The SMILES string of the molecule is COc1cc([N+](=O)[O-])c(C#N)c(-c2ccc(F)cc2)c1OC. The number of methoxy groups -OCH3 is 2. The number of benzene rings is 2. The van der Waals surface area contributed by atoms with Gasteiger partial charge in [-0.3, -0.25) is 10.1 Å². The van der Waals surface area contributed by atoms with Crippen molar-refractivity contribution in [2.24, 2.45) is 0 Å². The average Bonchev–Trinajstić information content (AvgIpc) is 2.53. The van der Waals surface area contributed by atoms with Crippen molar-refractivity contribution < 1.29 is 18.8 Å². The number of hydrogen-bond donors (Lipinski definition) is 0. The topological polar surface area (TPSA) is 85.4 Å². The molecule has 0 spiro atoms. The standard InChI is InChI=1S/C15H11FN2O4/c1-21-13-7-12(18(19)20)11(8-17)14(15(13)22-2)9-3-5-10(16)6-4-9/h3-7H,1-2H3. The fraction of sp³-hybridized carbons (Fsp3) is 0.133. The van der Waals surface area contributed by atoms with E-state index in [4.69, 9.17) is 9.47 Å². The van der Waals surface area contributed by atoms with Crippen LogP contribution in [0.1, 0.15) is 5.56 Å². The molecule has 2 aromatic rings. The number of nitrogens with zero attached hydrogens (tertiary/aromatic N) is 2. The summed E-state index contributed by atoms with van der Waals surface area (Å²) in [5.41, 5.74) is 0.0292. The molecular weight excluding hydrogens is 291 g/mol. The van der Waals surface area contributed by atoms with E-state index in [9.17, 15) is 19.8 Å². The van der Waals surface area contributed by atoms with Crippen LogP contribution in [0.5, 0.6) is 11.5 Å². The second kappa shape index (κ2) is 6.10. The molecule has 0 saturated carbocycles. The van der Waals surface area contributed by atoms with Crippen molar-refractivity contribution in [3.05, 3.63) is 51.8 Å². The molecular formula is C15H11FN2O4.